The average molecular weight is 242 g/mol. The van der Waals surface area contributed by atoms with Crippen molar-refractivity contribution in [3.8, 4) is 0 Å². The SMILES string of the molecule is COC(=O)CCc1c(C)nc(SC)[nH]c1=O. The second-order valence-electron chi connectivity index (χ2n) is 3.22. The van der Waals surface area contributed by atoms with Crippen molar-refractivity contribution in [1.82, 2.24) is 9.97 Å². The van der Waals surface area contributed by atoms with E-state index in [1.807, 2.05) is 6.26 Å². The standard InChI is InChI=1S/C10H14N2O3S/c1-6-7(4-5-8(13)15-2)9(14)12-10(11-6)16-3/h4-5H2,1-3H3,(H,11,12,14). The number of esters is 1. The van der Waals surface area contributed by atoms with E-state index in [1.54, 1.807) is 6.92 Å². The van der Waals surface area contributed by atoms with Crippen LogP contribution < -0.4 is 5.56 Å². The third-order valence-electron chi connectivity index (χ3n) is 2.20. The molecule has 1 rings (SSSR count). The fourth-order valence-electron chi connectivity index (χ4n) is 1.30. The largest absolute Gasteiger partial charge is 0.469 e. The Morgan fingerprint density at radius 3 is 2.75 bits per heavy atom. The number of aryl methyl sites for hydroxylation is 1. The Morgan fingerprint density at radius 1 is 1.56 bits per heavy atom. The summed E-state index contributed by atoms with van der Waals surface area (Å²) >= 11 is 1.38. The first-order valence-electron chi connectivity index (χ1n) is 4.79. The first-order chi connectivity index (χ1) is 7.58. The molecule has 0 bridgehead atoms. The number of hydrogen-bond donors (Lipinski definition) is 1. The van der Waals surface area contributed by atoms with E-state index in [0.717, 1.165) is 0 Å². The van der Waals surface area contributed by atoms with Crippen LogP contribution in [0.25, 0.3) is 0 Å². The van der Waals surface area contributed by atoms with Gasteiger partial charge >= 0.3 is 5.97 Å². The molecule has 0 saturated carbocycles. The van der Waals surface area contributed by atoms with Crippen LogP contribution in [0.4, 0.5) is 0 Å². The molecule has 1 N–H and O–H groups in total. The van der Waals surface area contributed by atoms with Gasteiger partial charge in [0.1, 0.15) is 0 Å². The lowest BCUT2D eigenvalue weighted by atomic mass is 10.1. The third kappa shape index (κ3) is 3.10. The van der Waals surface area contributed by atoms with Gasteiger partial charge in [-0.05, 0) is 19.6 Å². The summed E-state index contributed by atoms with van der Waals surface area (Å²) < 4.78 is 4.52. The van der Waals surface area contributed by atoms with Crippen LogP contribution in [-0.2, 0) is 16.0 Å². The normalized spacial score (nSPS) is 10.2. The number of aromatic amines is 1. The highest BCUT2D eigenvalue weighted by atomic mass is 32.2. The number of carbonyl (C=O) groups is 1. The van der Waals surface area contributed by atoms with Gasteiger partial charge in [0.25, 0.3) is 5.56 Å². The summed E-state index contributed by atoms with van der Waals surface area (Å²) in [7, 11) is 1.33. The number of rotatable bonds is 4. The number of ether oxygens (including phenoxy) is 1. The molecule has 0 atom stereocenters. The molecule has 0 aliphatic carbocycles. The van der Waals surface area contributed by atoms with Gasteiger partial charge in [-0.2, -0.15) is 0 Å². The Balaban J connectivity index is 2.89. The molecule has 0 saturated heterocycles. The van der Waals surface area contributed by atoms with Crippen LogP contribution >= 0.6 is 11.8 Å². The highest BCUT2D eigenvalue weighted by molar-refractivity contribution is 7.98. The predicted octanol–water partition coefficient (Wildman–Crippen LogP) is 0.906. The summed E-state index contributed by atoms with van der Waals surface area (Å²) in [6.07, 6.45) is 2.39. The second-order valence-corrected chi connectivity index (χ2v) is 4.01. The lowest BCUT2D eigenvalue weighted by molar-refractivity contribution is -0.140. The Kier molecular flexibility index (Phi) is 4.54. The monoisotopic (exact) mass is 242 g/mol. The van der Waals surface area contributed by atoms with Crippen molar-refractivity contribution < 1.29 is 9.53 Å². The maximum absolute atomic E-state index is 11.7. The fraction of sp³-hybridized carbons (Fsp3) is 0.500. The molecule has 0 amide bonds. The zero-order chi connectivity index (χ0) is 12.1. The molecule has 0 spiro atoms. The van der Waals surface area contributed by atoms with Crippen molar-refractivity contribution in [3.05, 3.63) is 21.6 Å². The van der Waals surface area contributed by atoms with Gasteiger partial charge < -0.3 is 9.72 Å². The van der Waals surface area contributed by atoms with Gasteiger partial charge in [0.05, 0.1) is 7.11 Å². The number of nitrogens with zero attached hydrogens (tertiary/aromatic N) is 1. The zero-order valence-corrected chi connectivity index (χ0v) is 10.3. The van der Waals surface area contributed by atoms with E-state index in [1.165, 1.54) is 18.9 Å². The summed E-state index contributed by atoms with van der Waals surface area (Å²) in [4.78, 5) is 29.5. The minimum absolute atomic E-state index is 0.180. The molecule has 0 aliphatic heterocycles. The van der Waals surface area contributed by atoms with Crippen molar-refractivity contribution in [2.24, 2.45) is 0 Å². The molecule has 6 heteroatoms. The van der Waals surface area contributed by atoms with Gasteiger partial charge in [-0.15, -0.1) is 0 Å². The summed E-state index contributed by atoms with van der Waals surface area (Å²) in [5, 5.41) is 0.587. The number of carbonyl (C=O) groups excluding carboxylic acids is 1. The molecular formula is C10H14N2O3S. The summed E-state index contributed by atoms with van der Waals surface area (Å²) in [6.45, 7) is 1.77. The lowest BCUT2D eigenvalue weighted by Gasteiger charge is -2.04. The van der Waals surface area contributed by atoms with Crippen LogP contribution in [0, 0.1) is 6.92 Å². The molecule has 0 unspecified atom stereocenters. The molecule has 0 radical (unpaired) electrons. The predicted molar refractivity (Wildman–Crippen MR) is 61.7 cm³/mol. The van der Waals surface area contributed by atoms with Crippen LogP contribution in [0.1, 0.15) is 17.7 Å². The van der Waals surface area contributed by atoms with Crippen molar-refractivity contribution >= 4 is 17.7 Å². The fourth-order valence-corrected chi connectivity index (χ4v) is 1.73. The minimum atomic E-state index is -0.326. The summed E-state index contributed by atoms with van der Waals surface area (Å²) in [5.41, 5.74) is 1.03. The molecule has 5 nitrogen and oxygen atoms in total. The van der Waals surface area contributed by atoms with Crippen LogP contribution in [0.5, 0.6) is 0 Å². The van der Waals surface area contributed by atoms with E-state index in [4.69, 9.17) is 0 Å². The van der Waals surface area contributed by atoms with E-state index in [2.05, 4.69) is 14.7 Å². The third-order valence-corrected chi connectivity index (χ3v) is 2.78. The Bertz CT molecular complexity index is 442. The minimum Gasteiger partial charge on any atom is -0.469 e. The maximum Gasteiger partial charge on any atom is 0.305 e. The highest BCUT2D eigenvalue weighted by Gasteiger charge is 2.10. The first-order valence-corrected chi connectivity index (χ1v) is 6.01. The van der Waals surface area contributed by atoms with E-state index in [0.29, 0.717) is 22.8 Å². The molecule has 88 valence electrons. The molecule has 16 heavy (non-hydrogen) atoms. The van der Waals surface area contributed by atoms with Crippen molar-refractivity contribution in [2.75, 3.05) is 13.4 Å². The summed E-state index contributed by atoms with van der Waals surface area (Å²) in [6, 6.07) is 0. The highest BCUT2D eigenvalue weighted by Crippen LogP contribution is 2.09. The first kappa shape index (κ1) is 12.8. The van der Waals surface area contributed by atoms with Crippen molar-refractivity contribution in [3.63, 3.8) is 0 Å². The molecule has 1 aromatic rings. The molecular weight excluding hydrogens is 228 g/mol. The topological polar surface area (TPSA) is 72.0 Å². The Hall–Kier alpha value is -1.30. The van der Waals surface area contributed by atoms with Gasteiger partial charge in [0, 0.05) is 17.7 Å². The quantitative estimate of drug-likeness (QED) is 0.482. The van der Waals surface area contributed by atoms with Gasteiger partial charge in [-0.3, -0.25) is 9.59 Å². The van der Waals surface area contributed by atoms with Crippen LogP contribution in [-0.4, -0.2) is 29.3 Å². The average Bonchev–Trinajstić information content (AvgIpc) is 2.27. The number of hydrogen-bond acceptors (Lipinski definition) is 5. The zero-order valence-electron chi connectivity index (χ0n) is 9.49. The van der Waals surface area contributed by atoms with Crippen molar-refractivity contribution in [2.45, 2.75) is 24.9 Å². The van der Waals surface area contributed by atoms with Gasteiger partial charge in [0.15, 0.2) is 5.16 Å². The Morgan fingerprint density at radius 2 is 2.25 bits per heavy atom. The number of aromatic nitrogens is 2. The van der Waals surface area contributed by atoms with E-state index < -0.39 is 0 Å². The van der Waals surface area contributed by atoms with Crippen LogP contribution in [0.15, 0.2) is 9.95 Å². The van der Waals surface area contributed by atoms with E-state index >= 15 is 0 Å². The van der Waals surface area contributed by atoms with E-state index in [-0.39, 0.29) is 17.9 Å². The summed E-state index contributed by atoms with van der Waals surface area (Å²) in [5.74, 6) is -0.326. The van der Waals surface area contributed by atoms with Crippen molar-refractivity contribution in [1.29, 1.82) is 0 Å². The number of H-pyrrole nitrogens is 1. The molecule has 0 aliphatic rings. The molecule has 0 aromatic carbocycles. The van der Waals surface area contributed by atoms with Crippen LogP contribution in [0.3, 0.4) is 0 Å². The van der Waals surface area contributed by atoms with Gasteiger partial charge in [0.2, 0.25) is 0 Å². The van der Waals surface area contributed by atoms with Gasteiger partial charge in [-0.25, -0.2) is 4.98 Å². The smallest absolute Gasteiger partial charge is 0.305 e. The molecule has 0 fully saturated rings. The number of nitrogens with one attached hydrogen (secondary N) is 1. The number of thioether (sulfide) groups is 1. The lowest BCUT2D eigenvalue weighted by Crippen LogP contribution is -2.18. The maximum atomic E-state index is 11.7. The number of methoxy groups -OCH3 is 1. The van der Waals surface area contributed by atoms with E-state index in [9.17, 15) is 9.59 Å². The molecule has 1 heterocycles. The second kappa shape index (κ2) is 5.69. The Labute approximate surface area is 97.6 Å². The van der Waals surface area contributed by atoms with Gasteiger partial charge in [-0.1, -0.05) is 11.8 Å². The molecule has 1 aromatic heterocycles. The van der Waals surface area contributed by atoms with Crippen LogP contribution in [0.2, 0.25) is 0 Å².